The topological polar surface area (TPSA) is 55.0 Å². The number of hydrogen-bond acceptors (Lipinski definition) is 3. The van der Waals surface area contributed by atoms with Crippen LogP contribution in [0.2, 0.25) is 0 Å². The first-order chi connectivity index (χ1) is 9.65. The summed E-state index contributed by atoms with van der Waals surface area (Å²) >= 11 is 2.06. The predicted octanol–water partition coefficient (Wildman–Crippen LogP) is 3.14. The largest absolute Gasteiger partial charge is 0.380 e. The number of rotatable bonds is 5. The lowest BCUT2D eigenvalue weighted by molar-refractivity contribution is 0.185. The van der Waals surface area contributed by atoms with Crippen LogP contribution in [0.15, 0.2) is 29.1 Å². The van der Waals surface area contributed by atoms with Crippen LogP contribution in [-0.4, -0.2) is 17.1 Å². The predicted molar refractivity (Wildman–Crippen MR) is 87.7 cm³/mol. The zero-order valence-corrected chi connectivity index (χ0v) is 13.7. The third-order valence-electron chi connectivity index (χ3n) is 2.96. The van der Waals surface area contributed by atoms with Gasteiger partial charge < -0.3 is 9.72 Å². The molecule has 1 aromatic carbocycles. The van der Waals surface area contributed by atoms with Gasteiger partial charge in [-0.2, -0.15) is 0 Å². The van der Waals surface area contributed by atoms with Crippen molar-refractivity contribution in [2.24, 2.45) is 0 Å². The minimum atomic E-state index is -0.0694. The van der Waals surface area contributed by atoms with Gasteiger partial charge in [-0.15, -0.1) is 0 Å². The van der Waals surface area contributed by atoms with Crippen LogP contribution in [0.25, 0.3) is 11.4 Å². The van der Waals surface area contributed by atoms with Gasteiger partial charge in [0.2, 0.25) is 0 Å². The zero-order valence-electron chi connectivity index (χ0n) is 11.6. The van der Waals surface area contributed by atoms with Gasteiger partial charge in [-0.05, 0) is 34.6 Å². The maximum Gasteiger partial charge on any atom is 0.264 e. The standard InChI is InChI=1S/C15H17IN2O2/c1-3-4-12-13(16)15(19)18-14(17-12)11-7-5-10(6-8-11)9-20-2/h5-8H,3-4,9H2,1-2H3,(H,17,18,19). The van der Waals surface area contributed by atoms with Crippen molar-refractivity contribution in [2.45, 2.75) is 26.4 Å². The molecule has 0 saturated carbocycles. The number of benzene rings is 1. The van der Waals surface area contributed by atoms with Crippen LogP contribution in [0.4, 0.5) is 0 Å². The van der Waals surface area contributed by atoms with Gasteiger partial charge in [0, 0.05) is 12.7 Å². The minimum Gasteiger partial charge on any atom is -0.380 e. The monoisotopic (exact) mass is 384 g/mol. The van der Waals surface area contributed by atoms with Crippen molar-refractivity contribution in [3.63, 3.8) is 0 Å². The fraction of sp³-hybridized carbons (Fsp3) is 0.333. The summed E-state index contributed by atoms with van der Waals surface area (Å²) in [6, 6.07) is 7.87. The maximum atomic E-state index is 12.0. The number of hydrogen-bond donors (Lipinski definition) is 1. The van der Waals surface area contributed by atoms with Crippen molar-refractivity contribution >= 4 is 22.6 Å². The molecule has 0 aliphatic carbocycles. The van der Waals surface area contributed by atoms with E-state index in [9.17, 15) is 4.79 Å². The number of aromatic nitrogens is 2. The van der Waals surface area contributed by atoms with Gasteiger partial charge in [0.25, 0.3) is 5.56 Å². The van der Waals surface area contributed by atoms with Gasteiger partial charge in [-0.1, -0.05) is 37.6 Å². The highest BCUT2D eigenvalue weighted by Crippen LogP contribution is 2.17. The molecule has 20 heavy (non-hydrogen) atoms. The molecule has 106 valence electrons. The summed E-state index contributed by atoms with van der Waals surface area (Å²) < 4.78 is 5.77. The summed E-state index contributed by atoms with van der Waals surface area (Å²) in [6.07, 6.45) is 1.79. The van der Waals surface area contributed by atoms with Crippen LogP contribution < -0.4 is 5.56 Å². The molecule has 4 nitrogen and oxygen atoms in total. The molecule has 1 N–H and O–H groups in total. The van der Waals surface area contributed by atoms with E-state index in [4.69, 9.17) is 4.74 Å². The molecule has 0 aliphatic heterocycles. The Hall–Kier alpha value is -1.21. The molecule has 2 aromatic rings. The third-order valence-corrected chi connectivity index (χ3v) is 4.07. The van der Waals surface area contributed by atoms with Crippen molar-refractivity contribution in [2.75, 3.05) is 7.11 Å². The van der Waals surface area contributed by atoms with E-state index in [0.29, 0.717) is 16.0 Å². The quantitative estimate of drug-likeness (QED) is 0.806. The van der Waals surface area contributed by atoms with Crippen molar-refractivity contribution in [1.82, 2.24) is 9.97 Å². The summed E-state index contributed by atoms with van der Waals surface area (Å²) in [4.78, 5) is 19.4. The van der Waals surface area contributed by atoms with Gasteiger partial charge in [0.15, 0.2) is 0 Å². The van der Waals surface area contributed by atoms with Crippen LogP contribution in [0.1, 0.15) is 24.6 Å². The summed E-state index contributed by atoms with van der Waals surface area (Å²) in [6.45, 7) is 2.66. The molecule has 1 aromatic heterocycles. The molecule has 1 heterocycles. The van der Waals surface area contributed by atoms with Gasteiger partial charge >= 0.3 is 0 Å². The Morgan fingerprint density at radius 3 is 2.60 bits per heavy atom. The lowest BCUT2D eigenvalue weighted by Gasteiger charge is -2.07. The van der Waals surface area contributed by atoms with E-state index in [2.05, 4.69) is 39.5 Å². The molecule has 0 unspecified atom stereocenters. The molecular weight excluding hydrogens is 367 g/mol. The average molecular weight is 384 g/mol. The molecule has 2 rings (SSSR count). The van der Waals surface area contributed by atoms with Crippen molar-refractivity contribution < 1.29 is 4.74 Å². The Balaban J connectivity index is 2.39. The van der Waals surface area contributed by atoms with E-state index in [1.165, 1.54) is 0 Å². The summed E-state index contributed by atoms with van der Waals surface area (Å²) in [5, 5.41) is 0. The zero-order chi connectivity index (χ0) is 14.5. The average Bonchev–Trinajstić information content (AvgIpc) is 2.45. The molecular formula is C15H17IN2O2. The molecule has 0 aliphatic rings. The van der Waals surface area contributed by atoms with Crippen LogP contribution >= 0.6 is 22.6 Å². The van der Waals surface area contributed by atoms with Gasteiger partial charge in [0.05, 0.1) is 15.9 Å². The van der Waals surface area contributed by atoms with Gasteiger partial charge in [-0.3, -0.25) is 4.79 Å². The van der Waals surface area contributed by atoms with E-state index in [1.54, 1.807) is 7.11 Å². The van der Waals surface area contributed by atoms with Crippen LogP contribution in [-0.2, 0) is 17.8 Å². The second-order valence-electron chi connectivity index (χ2n) is 4.56. The lowest BCUT2D eigenvalue weighted by Crippen LogP contribution is -2.16. The highest BCUT2D eigenvalue weighted by molar-refractivity contribution is 14.1. The number of halogens is 1. The fourth-order valence-corrected chi connectivity index (χ4v) is 2.50. The Bertz CT molecular complexity index is 635. The van der Waals surface area contributed by atoms with Crippen molar-refractivity contribution in [1.29, 1.82) is 0 Å². The van der Waals surface area contributed by atoms with E-state index in [0.717, 1.165) is 29.7 Å². The Morgan fingerprint density at radius 2 is 2.00 bits per heavy atom. The molecule has 5 heteroatoms. The molecule has 0 bridgehead atoms. The van der Waals surface area contributed by atoms with E-state index >= 15 is 0 Å². The molecule has 0 radical (unpaired) electrons. The number of ether oxygens (including phenoxy) is 1. The number of methoxy groups -OCH3 is 1. The van der Waals surface area contributed by atoms with E-state index < -0.39 is 0 Å². The molecule has 0 saturated heterocycles. The minimum absolute atomic E-state index is 0.0694. The molecule has 0 atom stereocenters. The number of aryl methyl sites for hydroxylation is 1. The molecule has 0 amide bonds. The van der Waals surface area contributed by atoms with Crippen molar-refractivity contribution in [3.05, 3.63) is 49.4 Å². The third kappa shape index (κ3) is 3.46. The van der Waals surface area contributed by atoms with E-state index in [-0.39, 0.29) is 5.56 Å². The number of H-pyrrole nitrogens is 1. The highest BCUT2D eigenvalue weighted by Gasteiger charge is 2.09. The number of nitrogens with one attached hydrogen (secondary N) is 1. The molecule has 0 fully saturated rings. The second-order valence-corrected chi connectivity index (χ2v) is 5.63. The Morgan fingerprint density at radius 1 is 1.30 bits per heavy atom. The normalized spacial score (nSPS) is 10.8. The Labute approximate surface area is 131 Å². The Kier molecular flexibility index (Phi) is 5.31. The fourth-order valence-electron chi connectivity index (χ4n) is 1.97. The number of nitrogens with zero attached hydrogens (tertiary/aromatic N) is 1. The van der Waals surface area contributed by atoms with Gasteiger partial charge in [0.1, 0.15) is 5.82 Å². The first kappa shape index (κ1) is 15.2. The summed E-state index contributed by atoms with van der Waals surface area (Å²) in [7, 11) is 1.67. The SMILES string of the molecule is CCCc1nc(-c2ccc(COC)cc2)[nH]c(=O)c1I. The number of aromatic amines is 1. The van der Waals surface area contributed by atoms with Crippen LogP contribution in [0, 0.1) is 3.57 Å². The van der Waals surface area contributed by atoms with Crippen molar-refractivity contribution in [3.8, 4) is 11.4 Å². The smallest absolute Gasteiger partial charge is 0.264 e. The summed E-state index contributed by atoms with van der Waals surface area (Å²) in [5.41, 5.74) is 2.81. The second kappa shape index (κ2) is 6.99. The lowest BCUT2D eigenvalue weighted by atomic mass is 10.1. The first-order valence-corrected chi connectivity index (χ1v) is 7.60. The highest BCUT2D eigenvalue weighted by atomic mass is 127. The molecule has 0 spiro atoms. The van der Waals surface area contributed by atoms with Crippen LogP contribution in [0.5, 0.6) is 0 Å². The van der Waals surface area contributed by atoms with Gasteiger partial charge in [-0.25, -0.2) is 4.98 Å². The first-order valence-electron chi connectivity index (χ1n) is 6.52. The van der Waals surface area contributed by atoms with Crippen LogP contribution in [0.3, 0.4) is 0 Å². The summed E-state index contributed by atoms with van der Waals surface area (Å²) in [5.74, 6) is 0.628. The maximum absolute atomic E-state index is 12.0. The van der Waals surface area contributed by atoms with E-state index in [1.807, 2.05) is 24.3 Å².